The van der Waals surface area contributed by atoms with E-state index < -0.39 is 17.1 Å². The molecular weight excluding hydrogens is 308 g/mol. The SMILES string of the molecule is Cn1ccnc(NC(=O)N[C@@]2(CO)CCCc3ccccc32)c1=O. The zero-order chi connectivity index (χ0) is 17.2. The first-order chi connectivity index (χ1) is 11.6. The molecule has 0 unspecified atom stereocenters. The van der Waals surface area contributed by atoms with Crippen LogP contribution in [0.5, 0.6) is 0 Å². The van der Waals surface area contributed by atoms with Gasteiger partial charge in [0.15, 0.2) is 0 Å². The molecule has 0 aliphatic heterocycles. The van der Waals surface area contributed by atoms with E-state index in [0.29, 0.717) is 6.42 Å². The van der Waals surface area contributed by atoms with Crippen LogP contribution in [-0.2, 0) is 19.0 Å². The quantitative estimate of drug-likeness (QED) is 0.787. The number of carbonyl (C=O) groups excluding carboxylic acids is 1. The highest BCUT2D eigenvalue weighted by Crippen LogP contribution is 2.35. The van der Waals surface area contributed by atoms with Crippen LogP contribution in [0.25, 0.3) is 0 Å². The molecule has 0 saturated heterocycles. The number of aromatic nitrogens is 2. The van der Waals surface area contributed by atoms with Crippen molar-refractivity contribution in [1.82, 2.24) is 14.9 Å². The van der Waals surface area contributed by atoms with E-state index in [0.717, 1.165) is 24.0 Å². The summed E-state index contributed by atoms with van der Waals surface area (Å²) in [7, 11) is 1.58. The van der Waals surface area contributed by atoms with Gasteiger partial charge in [-0.25, -0.2) is 9.78 Å². The van der Waals surface area contributed by atoms with E-state index in [-0.39, 0.29) is 12.4 Å². The van der Waals surface area contributed by atoms with Crippen LogP contribution >= 0.6 is 0 Å². The van der Waals surface area contributed by atoms with E-state index in [9.17, 15) is 14.7 Å². The second-order valence-corrected chi connectivity index (χ2v) is 6.02. The third-order valence-electron chi connectivity index (χ3n) is 4.45. The number of benzene rings is 1. The lowest BCUT2D eigenvalue weighted by molar-refractivity contribution is 0.147. The van der Waals surface area contributed by atoms with E-state index >= 15 is 0 Å². The van der Waals surface area contributed by atoms with Gasteiger partial charge >= 0.3 is 6.03 Å². The molecule has 1 aliphatic carbocycles. The summed E-state index contributed by atoms with van der Waals surface area (Å²) < 4.78 is 1.33. The fraction of sp³-hybridized carbons (Fsp3) is 0.353. The highest BCUT2D eigenvalue weighted by Gasteiger charge is 2.37. The van der Waals surface area contributed by atoms with E-state index in [1.165, 1.54) is 17.0 Å². The van der Waals surface area contributed by atoms with Crippen molar-refractivity contribution in [2.75, 3.05) is 11.9 Å². The van der Waals surface area contributed by atoms with Crippen molar-refractivity contribution in [3.8, 4) is 0 Å². The Labute approximate surface area is 139 Å². The molecule has 0 spiro atoms. The van der Waals surface area contributed by atoms with Gasteiger partial charge in [-0.15, -0.1) is 0 Å². The van der Waals surface area contributed by atoms with Crippen molar-refractivity contribution >= 4 is 11.8 Å². The number of fused-ring (bicyclic) bond motifs is 1. The number of aliphatic hydroxyl groups is 1. The molecule has 2 amide bonds. The molecule has 24 heavy (non-hydrogen) atoms. The predicted molar refractivity (Wildman–Crippen MR) is 89.8 cm³/mol. The Morgan fingerprint density at radius 1 is 1.42 bits per heavy atom. The summed E-state index contributed by atoms with van der Waals surface area (Å²) >= 11 is 0. The molecular formula is C17H20N4O3. The highest BCUT2D eigenvalue weighted by molar-refractivity contribution is 5.88. The number of hydrogen-bond donors (Lipinski definition) is 3. The molecule has 0 radical (unpaired) electrons. The number of aliphatic hydroxyl groups excluding tert-OH is 1. The number of nitrogens with zero attached hydrogens (tertiary/aromatic N) is 2. The molecule has 126 valence electrons. The fourth-order valence-corrected chi connectivity index (χ4v) is 3.19. The van der Waals surface area contributed by atoms with Crippen molar-refractivity contribution in [2.45, 2.75) is 24.8 Å². The summed E-state index contributed by atoms with van der Waals surface area (Å²) in [6.45, 7) is -0.211. The van der Waals surface area contributed by atoms with E-state index in [1.54, 1.807) is 7.05 Å². The molecule has 7 heteroatoms. The standard InChI is InChI=1S/C17H20N4O3/c1-21-10-9-18-14(15(21)23)19-16(24)20-17(11-22)8-4-6-12-5-2-3-7-13(12)17/h2-3,5,7,9-10,22H,4,6,8,11H2,1H3,(H2,18,19,20,24)/t17-/m1/s1. The van der Waals surface area contributed by atoms with E-state index in [1.807, 2.05) is 24.3 Å². The lowest BCUT2D eigenvalue weighted by Gasteiger charge is -2.38. The third kappa shape index (κ3) is 2.90. The molecule has 1 atom stereocenters. The minimum Gasteiger partial charge on any atom is -0.394 e. The van der Waals surface area contributed by atoms with Crippen LogP contribution in [-0.4, -0.2) is 27.3 Å². The second-order valence-electron chi connectivity index (χ2n) is 6.02. The van der Waals surface area contributed by atoms with Crippen LogP contribution < -0.4 is 16.2 Å². The molecule has 3 N–H and O–H groups in total. The predicted octanol–water partition coefficient (Wildman–Crippen LogP) is 1.13. The maximum atomic E-state index is 12.4. The van der Waals surface area contributed by atoms with Gasteiger partial charge in [0, 0.05) is 19.4 Å². The molecule has 1 heterocycles. The maximum Gasteiger partial charge on any atom is 0.321 e. The Hall–Kier alpha value is -2.67. The lowest BCUT2D eigenvalue weighted by atomic mass is 9.77. The largest absolute Gasteiger partial charge is 0.394 e. The van der Waals surface area contributed by atoms with Crippen molar-refractivity contribution < 1.29 is 9.90 Å². The van der Waals surface area contributed by atoms with Gasteiger partial charge in [0.2, 0.25) is 5.82 Å². The van der Waals surface area contributed by atoms with Gasteiger partial charge in [-0.05, 0) is 30.4 Å². The Kier molecular flexibility index (Phi) is 4.35. The number of rotatable bonds is 3. The molecule has 1 aromatic carbocycles. The molecule has 1 aliphatic rings. The number of nitrogens with one attached hydrogen (secondary N) is 2. The van der Waals surface area contributed by atoms with Crippen LogP contribution in [0, 0.1) is 0 Å². The molecule has 0 fully saturated rings. The number of urea groups is 1. The van der Waals surface area contributed by atoms with Crippen LogP contribution in [0.1, 0.15) is 24.0 Å². The van der Waals surface area contributed by atoms with Gasteiger partial charge in [0.1, 0.15) is 0 Å². The number of anilines is 1. The highest BCUT2D eigenvalue weighted by atomic mass is 16.3. The van der Waals surface area contributed by atoms with Crippen molar-refractivity contribution in [2.24, 2.45) is 7.05 Å². The smallest absolute Gasteiger partial charge is 0.321 e. The number of carbonyl (C=O) groups is 1. The monoisotopic (exact) mass is 328 g/mol. The van der Waals surface area contributed by atoms with Crippen molar-refractivity contribution in [3.63, 3.8) is 0 Å². The van der Waals surface area contributed by atoms with E-state index in [4.69, 9.17) is 0 Å². The maximum absolute atomic E-state index is 12.4. The first kappa shape index (κ1) is 16.2. The van der Waals surface area contributed by atoms with E-state index in [2.05, 4.69) is 15.6 Å². The third-order valence-corrected chi connectivity index (χ3v) is 4.45. The minimum absolute atomic E-state index is 0.0466. The number of hydrogen-bond acceptors (Lipinski definition) is 4. The van der Waals surface area contributed by atoms with Gasteiger partial charge in [-0.1, -0.05) is 24.3 Å². The van der Waals surface area contributed by atoms with Crippen molar-refractivity contribution in [1.29, 1.82) is 0 Å². The molecule has 2 aromatic rings. The van der Waals surface area contributed by atoms with Crippen LogP contribution in [0.2, 0.25) is 0 Å². The Morgan fingerprint density at radius 2 is 2.21 bits per heavy atom. The lowest BCUT2D eigenvalue weighted by Crippen LogP contribution is -2.52. The zero-order valence-electron chi connectivity index (χ0n) is 13.5. The molecule has 3 rings (SSSR count). The molecule has 0 saturated carbocycles. The summed E-state index contributed by atoms with van der Waals surface area (Å²) in [4.78, 5) is 28.2. The van der Waals surface area contributed by atoms with Gasteiger partial charge in [-0.3, -0.25) is 10.1 Å². The Bertz CT molecular complexity index is 817. The summed E-state index contributed by atoms with van der Waals surface area (Å²) in [6.07, 6.45) is 5.37. The molecule has 7 nitrogen and oxygen atoms in total. The molecule has 1 aromatic heterocycles. The Balaban J connectivity index is 1.85. The number of aryl methyl sites for hydroxylation is 2. The molecule has 0 bridgehead atoms. The normalized spacial score (nSPS) is 19.4. The van der Waals surface area contributed by atoms with Gasteiger partial charge in [0.25, 0.3) is 5.56 Å². The minimum atomic E-state index is -0.848. The van der Waals surface area contributed by atoms with Crippen LogP contribution in [0.4, 0.5) is 10.6 Å². The van der Waals surface area contributed by atoms with Gasteiger partial charge in [0.05, 0.1) is 12.1 Å². The Morgan fingerprint density at radius 3 is 3.00 bits per heavy atom. The first-order valence-corrected chi connectivity index (χ1v) is 7.86. The van der Waals surface area contributed by atoms with Crippen molar-refractivity contribution in [3.05, 3.63) is 58.1 Å². The summed E-state index contributed by atoms with van der Waals surface area (Å²) in [5, 5.41) is 15.3. The topological polar surface area (TPSA) is 96.2 Å². The number of amides is 2. The zero-order valence-corrected chi connectivity index (χ0v) is 13.5. The first-order valence-electron chi connectivity index (χ1n) is 7.86. The van der Waals surface area contributed by atoms with Gasteiger partial charge < -0.3 is 15.0 Å². The van der Waals surface area contributed by atoms with Crippen LogP contribution in [0.15, 0.2) is 41.5 Å². The summed E-state index contributed by atoms with van der Waals surface area (Å²) in [5.41, 5.74) is 0.795. The van der Waals surface area contributed by atoms with Gasteiger partial charge in [-0.2, -0.15) is 0 Å². The summed E-state index contributed by atoms with van der Waals surface area (Å²) in [5.74, 6) is -0.0466. The average molecular weight is 328 g/mol. The fourth-order valence-electron chi connectivity index (χ4n) is 3.19. The summed E-state index contributed by atoms with van der Waals surface area (Å²) in [6, 6.07) is 7.21. The average Bonchev–Trinajstić information content (AvgIpc) is 2.59. The van der Waals surface area contributed by atoms with Crippen LogP contribution in [0.3, 0.4) is 0 Å². The second kappa shape index (κ2) is 6.45.